The molecule has 0 aliphatic carbocycles. The van der Waals surface area contributed by atoms with Gasteiger partial charge in [0.2, 0.25) is 5.95 Å². The van der Waals surface area contributed by atoms with Crippen molar-refractivity contribution in [3.05, 3.63) is 48.5 Å². The van der Waals surface area contributed by atoms with Gasteiger partial charge in [-0.1, -0.05) is 12.1 Å². The molecule has 1 aliphatic rings. The highest BCUT2D eigenvalue weighted by Crippen LogP contribution is 2.26. The third kappa shape index (κ3) is 5.22. The SMILES string of the molecule is C[C@H]1CN(c2ncc(F)c(Nc3cc(-c4ccc(OC(F)F)cc4)cnn3)n2)C[C@H](C)O1. The summed E-state index contributed by atoms with van der Waals surface area (Å²) in [6.45, 7) is 2.21. The van der Waals surface area contributed by atoms with Gasteiger partial charge in [0.25, 0.3) is 0 Å². The highest BCUT2D eigenvalue weighted by atomic mass is 19.3. The number of anilines is 3. The van der Waals surface area contributed by atoms with E-state index < -0.39 is 12.4 Å². The van der Waals surface area contributed by atoms with Crippen LogP contribution in [-0.4, -0.2) is 52.1 Å². The molecule has 0 unspecified atom stereocenters. The Balaban J connectivity index is 1.53. The number of alkyl halides is 2. The van der Waals surface area contributed by atoms with E-state index in [0.29, 0.717) is 30.2 Å². The largest absolute Gasteiger partial charge is 0.435 e. The van der Waals surface area contributed by atoms with Gasteiger partial charge in [-0.3, -0.25) is 0 Å². The van der Waals surface area contributed by atoms with Crippen molar-refractivity contribution in [2.24, 2.45) is 0 Å². The van der Waals surface area contributed by atoms with E-state index in [9.17, 15) is 13.2 Å². The lowest BCUT2D eigenvalue weighted by Crippen LogP contribution is -2.46. The molecule has 0 amide bonds. The number of nitrogens with zero attached hydrogens (tertiary/aromatic N) is 5. The fraction of sp³-hybridized carbons (Fsp3) is 0.333. The third-order valence-electron chi connectivity index (χ3n) is 4.75. The van der Waals surface area contributed by atoms with E-state index >= 15 is 0 Å². The number of nitrogens with one attached hydrogen (secondary N) is 1. The van der Waals surface area contributed by atoms with Gasteiger partial charge in [0, 0.05) is 18.7 Å². The van der Waals surface area contributed by atoms with Gasteiger partial charge in [0.15, 0.2) is 17.5 Å². The molecule has 4 rings (SSSR count). The molecule has 3 heterocycles. The molecule has 0 saturated carbocycles. The van der Waals surface area contributed by atoms with Crippen molar-refractivity contribution in [3.63, 3.8) is 0 Å². The summed E-state index contributed by atoms with van der Waals surface area (Å²) in [4.78, 5) is 10.4. The van der Waals surface area contributed by atoms with Gasteiger partial charge in [-0.2, -0.15) is 18.9 Å². The predicted octanol–water partition coefficient (Wildman–Crippen LogP) is 4.03. The first-order valence-corrected chi connectivity index (χ1v) is 9.95. The van der Waals surface area contributed by atoms with Crippen LogP contribution in [0.4, 0.5) is 30.8 Å². The van der Waals surface area contributed by atoms with E-state index in [1.807, 2.05) is 18.7 Å². The molecule has 0 spiro atoms. The maximum atomic E-state index is 14.4. The Labute approximate surface area is 182 Å². The van der Waals surface area contributed by atoms with Crippen LogP contribution in [-0.2, 0) is 4.74 Å². The molecule has 32 heavy (non-hydrogen) atoms. The summed E-state index contributed by atoms with van der Waals surface area (Å²) in [7, 11) is 0. The van der Waals surface area contributed by atoms with E-state index in [2.05, 4.69) is 30.2 Å². The van der Waals surface area contributed by atoms with Gasteiger partial charge >= 0.3 is 6.61 Å². The third-order valence-corrected chi connectivity index (χ3v) is 4.75. The monoisotopic (exact) mass is 446 g/mol. The lowest BCUT2D eigenvalue weighted by atomic mass is 10.1. The van der Waals surface area contributed by atoms with Gasteiger partial charge in [-0.05, 0) is 37.6 Å². The average Bonchev–Trinajstić information content (AvgIpc) is 2.75. The van der Waals surface area contributed by atoms with Crippen molar-refractivity contribution < 1.29 is 22.6 Å². The van der Waals surface area contributed by atoms with E-state index in [1.54, 1.807) is 18.2 Å². The smallest absolute Gasteiger partial charge is 0.387 e. The molecule has 0 bridgehead atoms. The van der Waals surface area contributed by atoms with Crippen LogP contribution >= 0.6 is 0 Å². The summed E-state index contributed by atoms with van der Waals surface area (Å²) >= 11 is 0. The van der Waals surface area contributed by atoms with Gasteiger partial charge in [-0.25, -0.2) is 9.37 Å². The molecule has 1 saturated heterocycles. The zero-order valence-corrected chi connectivity index (χ0v) is 17.4. The molecule has 1 aromatic carbocycles. The summed E-state index contributed by atoms with van der Waals surface area (Å²) in [5.41, 5.74) is 1.35. The minimum atomic E-state index is -2.89. The predicted molar refractivity (Wildman–Crippen MR) is 112 cm³/mol. The zero-order chi connectivity index (χ0) is 22.7. The molecule has 2 aromatic heterocycles. The highest BCUT2D eigenvalue weighted by Gasteiger charge is 2.25. The van der Waals surface area contributed by atoms with Crippen LogP contribution in [0.3, 0.4) is 0 Å². The first-order valence-electron chi connectivity index (χ1n) is 9.95. The fourth-order valence-electron chi connectivity index (χ4n) is 3.47. The molecular weight excluding hydrogens is 425 g/mol. The first-order chi connectivity index (χ1) is 15.4. The summed E-state index contributed by atoms with van der Waals surface area (Å²) in [6.07, 6.45) is 2.62. The standard InChI is InChI=1S/C21H21F3N6O2/c1-12-10-30(11-13(2)31-12)21-25-9-17(22)19(28-21)27-18-7-15(8-26-29-18)14-3-5-16(6-4-14)32-20(23)24/h3-9,12-13,20H,10-11H2,1-2H3,(H,25,27,28,29)/t12-,13-/m0/s1. The molecule has 8 nitrogen and oxygen atoms in total. The van der Waals surface area contributed by atoms with Crippen molar-refractivity contribution in [1.29, 1.82) is 0 Å². The van der Waals surface area contributed by atoms with E-state index in [-0.39, 0.29) is 29.6 Å². The Morgan fingerprint density at radius 1 is 1.09 bits per heavy atom. The van der Waals surface area contributed by atoms with Crippen LogP contribution in [0.1, 0.15) is 13.8 Å². The first kappa shape index (κ1) is 21.8. The van der Waals surface area contributed by atoms with Crippen LogP contribution in [0.5, 0.6) is 5.75 Å². The van der Waals surface area contributed by atoms with Crippen LogP contribution in [0.15, 0.2) is 42.7 Å². The maximum Gasteiger partial charge on any atom is 0.387 e. The molecule has 0 radical (unpaired) electrons. The van der Waals surface area contributed by atoms with Gasteiger partial charge in [-0.15, -0.1) is 5.10 Å². The van der Waals surface area contributed by atoms with Crippen LogP contribution in [0.2, 0.25) is 0 Å². The summed E-state index contributed by atoms with van der Waals surface area (Å²) < 4.78 is 49.1. The second-order valence-corrected chi connectivity index (χ2v) is 7.39. The lowest BCUT2D eigenvalue weighted by molar-refractivity contribution is -0.0498. The molecule has 1 fully saturated rings. The van der Waals surface area contributed by atoms with Crippen molar-refractivity contribution in [2.75, 3.05) is 23.3 Å². The zero-order valence-electron chi connectivity index (χ0n) is 17.4. The second kappa shape index (κ2) is 9.35. The molecule has 2 atom stereocenters. The molecule has 11 heteroatoms. The van der Waals surface area contributed by atoms with Gasteiger partial charge in [0.05, 0.1) is 24.6 Å². The number of hydrogen-bond donors (Lipinski definition) is 1. The maximum absolute atomic E-state index is 14.4. The summed E-state index contributed by atoms with van der Waals surface area (Å²) in [5.74, 6) is 0.0292. The minimum Gasteiger partial charge on any atom is -0.435 e. The molecular formula is C21H21F3N6O2. The van der Waals surface area contributed by atoms with Crippen LogP contribution in [0.25, 0.3) is 11.1 Å². The quantitative estimate of drug-likeness (QED) is 0.608. The van der Waals surface area contributed by atoms with Crippen LogP contribution < -0.4 is 15.0 Å². The number of aromatic nitrogens is 4. The van der Waals surface area contributed by atoms with E-state index in [4.69, 9.17) is 4.74 Å². The Kier molecular flexibility index (Phi) is 6.35. The summed E-state index contributed by atoms with van der Waals surface area (Å²) in [5, 5.41) is 10.8. The fourth-order valence-corrected chi connectivity index (χ4v) is 3.47. The Morgan fingerprint density at radius 3 is 2.50 bits per heavy atom. The minimum absolute atomic E-state index is 0.00356. The molecule has 1 aliphatic heterocycles. The Hall–Kier alpha value is -3.47. The Bertz CT molecular complexity index is 1060. The van der Waals surface area contributed by atoms with Crippen LogP contribution in [0, 0.1) is 5.82 Å². The van der Waals surface area contributed by atoms with E-state index in [1.165, 1.54) is 18.3 Å². The normalized spacial score (nSPS) is 18.6. The van der Waals surface area contributed by atoms with Crippen molar-refractivity contribution in [3.8, 4) is 16.9 Å². The number of ether oxygens (including phenoxy) is 2. The molecule has 168 valence electrons. The average molecular weight is 446 g/mol. The van der Waals surface area contributed by atoms with Gasteiger partial charge < -0.3 is 19.7 Å². The molecule has 1 N–H and O–H groups in total. The number of benzene rings is 1. The topological polar surface area (TPSA) is 85.3 Å². The molecule has 3 aromatic rings. The number of halogens is 3. The van der Waals surface area contributed by atoms with Crippen molar-refractivity contribution in [2.45, 2.75) is 32.7 Å². The number of hydrogen-bond acceptors (Lipinski definition) is 8. The lowest BCUT2D eigenvalue weighted by Gasteiger charge is -2.35. The number of morpholine rings is 1. The highest BCUT2D eigenvalue weighted by molar-refractivity contribution is 5.67. The van der Waals surface area contributed by atoms with Gasteiger partial charge in [0.1, 0.15) is 5.75 Å². The number of rotatable bonds is 6. The van der Waals surface area contributed by atoms with Crippen molar-refractivity contribution in [1.82, 2.24) is 20.2 Å². The Morgan fingerprint density at radius 2 is 1.81 bits per heavy atom. The second-order valence-electron chi connectivity index (χ2n) is 7.39. The van der Waals surface area contributed by atoms with E-state index in [0.717, 1.165) is 6.20 Å². The summed E-state index contributed by atoms with van der Waals surface area (Å²) in [6, 6.07) is 7.73. The van der Waals surface area contributed by atoms with Crippen molar-refractivity contribution >= 4 is 17.6 Å².